The van der Waals surface area contributed by atoms with Crippen molar-refractivity contribution < 1.29 is 23.9 Å². The van der Waals surface area contributed by atoms with Gasteiger partial charge < -0.3 is 14.6 Å². The number of amides is 3. The number of imide groups is 1. The van der Waals surface area contributed by atoms with Crippen LogP contribution in [0.2, 0.25) is 0 Å². The van der Waals surface area contributed by atoms with Gasteiger partial charge in [0, 0.05) is 29.5 Å². The first-order chi connectivity index (χ1) is 13.7. The Morgan fingerprint density at radius 2 is 1.86 bits per heavy atom. The number of nitrogens with one attached hydrogen (secondary N) is 1. The summed E-state index contributed by atoms with van der Waals surface area (Å²) in [6.07, 6.45) is 2.96. The average molecular weight is 403 g/mol. The van der Waals surface area contributed by atoms with Crippen molar-refractivity contribution in [3.8, 4) is 0 Å². The molecule has 1 saturated carbocycles. The maximum atomic E-state index is 12.6. The highest BCUT2D eigenvalue weighted by molar-refractivity contribution is 6.07. The molecule has 0 bridgehead atoms. The van der Waals surface area contributed by atoms with E-state index < -0.39 is 17.5 Å². The van der Waals surface area contributed by atoms with Crippen molar-refractivity contribution in [2.45, 2.75) is 71.4 Å². The first kappa shape index (κ1) is 21.1. The summed E-state index contributed by atoms with van der Waals surface area (Å²) in [6.45, 7) is 7.50. The van der Waals surface area contributed by atoms with Gasteiger partial charge in [0.25, 0.3) is 5.91 Å². The van der Waals surface area contributed by atoms with Crippen LogP contribution >= 0.6 is 0 Å². The van der Waals surface area contributed by atoms with Gasteiger partial charge in [-0.25, -0.2) is 4.79 Å². The number of hydrogen-bond donors (Lipinski definition) is 1. The van der Waals surface area contributed by atoms with Crippen LogP contribution < -0.4 is 5.32 Å². The fourth-order valence-electron chi connectivity index (χ4n) is 4.55. The Kier molecular flexibility index (Phi) is 5.82. The second kappa shape index (κ2) is 8.00. The van der Waals surface area contributed by atoms with Crippen LogP contribution in [0.4, 0.5) is 4.79 Å². The third-order valence-corrected chi connectivity index (χ3v) is 5.91. The number of ketones is 1. The van der Waals surface area contributed by atoms with Crippen molar-refractivity contribution in [3.63, 3.8) is 0 Å². The van der Waals surface area contributed by atoms with Crippen molar-refractivity contribution in [2.24, 2.45) is 0 Å². The molecule has 8 nitrogen and oxygen atoms in total. The van der Waals surface area contributed by atoms with Crippen LogP contribution in [0.1, 0.15) is 73.7 Å². The summed E-state index contributed by atoms with van der Waals surface area (Å²) in [7, 11) is 0. The molecule has 158 valence electrons. The second-order valence-corrected chi connectivity index (χ2v) is 8.26. The number of esters is 1. The van der Waals surface area contributed by atoms with Crippen LogP contribution in [-0.2, 0) is 14.3 Å². The zero-order chi connectivity index (χ0) is 21.3. The van der Waals surface area contributed by atoms with Gasteiger partial charge in [-0.05, 0) is 46.6 Å². The van der Waals surface area contributed by atoms with Crippen LogP contribution in [0.15, 0.2) is 6.07 Å². The molecule has 1 aliphatic heterocycles. The molecule has 2 fully saturated rings. The van der Waals surface area contributed by atoms with E-state index in [0.717, 1.165) is 29.1 Å². The molecular weight excluding hydrogens is 374 g/mol. The third-order valence-electron chi connectivity index (χ3n) is 5.91. The lowest BCUT2D eigenvalue weighted by molar-refractivity contribution is -0.143. The zero-order valence-corrected chi connectivity index (χ0v) is 17.5. The second-order valence-electron chi connectivity index (χ2n) is 8.26. The normalized spacial score (nSPS) is 18.0. The van der Waals surface area contributed by atoms with E-state index in [9.17, 15) is 19.2 Å². The van der Waals surface area contributed by atoms with E-state index in [1.54, 1.807) is 6.07 Å². The van der Waals surface area contributed by atoms with Gasteiger partial charge in [0.1, 0.15) is 5.54 Å². The minimum atomic E-state index is -0.782. The first-order valence-electron chi connectivity index (χ1n) is 10.2. The predicted octanol–water partition coefficient (Wildman–Crippen LogP) is 2.67. The molecule has 8 heteroatoms. The quantitative estimate of drug-likeness (QED) is 0.429. The number of aryl methyl sites for hydroxylation is 1. The molecule has 29 heavy (non-hydrogen) atoms. The topological polar surface area (TPSA) is 97.7 Å². The number of carbonyl (C=O) groups is 4. The van der Waals surface area contributed by atoms with Gasteiger partial charge in [-0.1, -0.05) is 12.8 Å². The van der Waals surface area contributed by atoms with Crippen LogP contribution in [0.25, 0.3) is 0 Å². The van der Waals surface area contributed by atoms with Crippen molar-refractivity contribution in [1.29, 1.82) is 0 Å². The lowest BCUT2D eigenvalue weighted by atomic mass is 9.98. The number of nitrogens with zero attached hydrogens (tertiary/aromatic N) is 2. The summed E-state index contributed by atoms with van der Waals surface area (Å²) in [6, 6.07) is 1.58. The SMILES string of the molecule is Cc1cc(C(=O)COC(=O)CCN2C(=O)NC3(CCCC3)C2=O)c(C)n1C(C)C. The van der Waals surface area contributed by atoms with E-state index in [1.165, 1.54) is 0 Å². The van der Waals surface area contributed by atoms with E-state index in [2.05, 4.69) is 9.88 Å². The molecule has 0 unspecified atom stereocenters. The van der Waals surface area contributed by atoms with Gasteiger partial charge in [-0.2, -0.15) is 0 Å². The van der Waals surface area contributed by atoms with E-state index in [4.69, 9.17) is 4.74 Å². The number of ether oxygens (including phenoxy) is 1. The maximum Gasteiger partial charge on any atom is 0.325 e. The van der Waals surface area contributed by atoms with Gasteiger partial charge in [-0.15, -0.1) is 0 Å². The maximum absolute atomic E-state index is 12.6. The Hall–Kier alpha value is -2.64. The third kappa shape index (κ3) is 3.93. The minimum absolute atomic E-state index is 0.0404. The lowest BCUT2D eigenvalue weighted by Crippen LogP contribution is -2.44. The predicted molar refractivity (Wildman–Crippen MR) is 106 cm³/mol. The number of carbonyl (C=O) groups excluding carboxylic acids is 4. The molecule has 2 aliphatic rings. The van der Waals surface area contributed by atoms with Crippen LogP contribution in [0.3, 0.4) is 0 Å². The van der Waals surface area contributed by atoms with Crippen molar-refractivity contribution in [1.82, 2.24) is 14.8 Å². The molecule has 0 aromatic carbocycles. The van der Waals surface area contributed by atoms with Gasteiger partial charge >= 0.3 is 12.0 Å². The van der Waals surface area contributed by atoms with Crippen LogP contribution in [0, 0.1) is 13.8 Å². The standard InChI is InChI=1S/C21H29N3O5/c1-13(2)24-14(3)11-16(15(24)4)17(25)12-29-18(26)7-10-23-19(27)21(22-20(23)28)8-5-6-9-21/h11,13H,5-10,12H2,1-4H3,(H,22,28). The number of Topliss-reactive ketones (excluding diaryl/α,β-unsaturated/α-hetero) is 1. The Bertz CT molecular complexity index is 849. The molecule has 1 N–H and O–H groups in total. The Balaban J connectivity index is 1.52. The molecule has 1 aliphatic carbocycles. The van der Waals surface area contributed by atoms with Gasteiger partial charge in [0.05, 0.1) is 6.42 Å². The zero-order valence-electron chi connectivity index (χ0n) is 17.5. The summed E-state index contributed by atoms with van der Waals surface area (Å²) in [5.74, 6) is -1.13. The molecule has 1 aromatic heterocycles. The summed E-state index contributed by atoms with van der Waals surface area (Å²) < 4.78 is 7.16. The number of hydrogen-bond acceptors (Lipinski definition) is 5. The molecule has 1 saturated heterocycles. The van der Waals surface area contributed by atoms with Crippen molar-refractivity contribution in [2.75, 3.05) is 13.2 Å². The van der Waals surface area contributed by atoms with Crippen LogP contribution in [0.5, 0.6) is 0 Å². The molecular formula is C21H29N3O5. The summed E-state index contributed by atoms with van der Waals surface area (Å²) in [5.41, 5.74) is 1.59. The average Bonchev–Trinajstić information content (AvgIpc) is 3.30. The van der Waals surface area contributed by atoms with Gasteiger partial charge in [-0.3, -0.25) is 19.3 Å². The summed E-state index contributed by atoms with van der Waals surface area (Å²) >= 11 is 0. The summed E-state index contributed by atoms with van der Waals surface area (Å²) in [5, 5.41) is 2.78. The minimum Gasteiger partial charge on any atom is -0.457 e. The van der Waals surface area contributed by atoms with Crippen molar-refractivity contribution in [3.05, 3.63) is 23.0 Å². The number of urea groups is 1. The van der Waals surface area contributed by atoms with Crippen molar-refractivity contribution >= 4 is 23.7 Å². The smallest absolute Gasteiger partial charge is 0.325 e. The molecule has 2 heterocycles. The Morgan fingerprint density at radius 1 is 1.21 bits per heavy atom. The fourth-order valence-corrected chi connectivity index (χ4v) is 4.55. The highest BCUT2D eigenvalue weighted by Crippen LogP contribution is 2.35. The van der Waals surface area contributed by atoms with Gasteiger partial charge in [0.15, 0.2) is 6.61 Å². The molecule has 0 radical (unpaired) electrons. The number of aromatic nitrogens is 1. The molecule has 3 rings (SSSR count). The first-order valence-corrected chi connectivity index (χ1v) is 10.2. The van der Waals surface area contributed by atoms with E-state index in [1.807, 2.05) is 27.7 Å². The molecule has 1 spiro atoms. The molecule has 0 atom stereocenters. The molecule has 3 amide bonds. The van der Waals surface area contributed by atoms with E-state index in [-0.39, 0.29) is 37.3 Å². The van der Waals surface area contributed by atoms with Gasteiger partial charge in [0.2, 0.25) is 5.78 Å². The highest BCUT2D eigenvalue weighted by atomic mass is 16.5. The monoisotopic (exact) mass is 403 g/mol. The summed E-state index contributed by atoms with van der Waals surface area (Å²) in [4.78, 5) is 50.3. The number of rotatable bonds is 7. The van der Waals surface area contributed by atoms with E-state index in [0.29, 0.717) is 18.4 Å². The fraction of sp³-hybridized carbons (Fsp3) is 0.619. The Morgan fingerprint density at radius 3 is 2.45 bits per heavy atom. The Labute approximate surface area is 170 Å². The molecule has 1 aromatic rings. The lowest BCUT2D eigenvalue weighted by Gasteiger charge is -2.19. The highest BCUT2D eigenvalue weighted by Gasteiger charge is 2.52. The van der Waals surface area contributed by atoms with Crippen LogP contribution in [-0.4, -0.2) is 51.8 Å². The van der Waals surface area contributed by atoms with E-state index >= 15 is 0 Å². The largest absolute Gasteiger partial charge is 0.457 e.